The van der Waals surface area contributed by atoms with Crippen LogP contribution in [0, 0.1) is 13.8 Å². The van der Waals surface area contributed by atoms with Crippen molar-refractivity contribution >= 4 is 28.9 Å². The van der Waals surface area contributed by atoms with Gasteiger partial charge in [0.15, 0.2) is 0 Å². The molecule has 0 aliphatic heterocycles. The van der Waals surface area contributed by atoms with Crippen LogP contribution in [-0.4, -0.2) is 20.0 Å². The molecule has 0 saturated heterocycles. The SMILES string of the molecule is Cc1ccc(C)c(C(=O)Nc2cccc(Cl)c2N(C)C)c1. The van der Waals surface area contributed by atoms with Gasteiger partial charge in [0, 0.05) is 19.7 Å². The van der Waals surface area contributed by atoms with Gasteiger partial charge in [0.05, 0.1) is 16.4 Å². The minimum atomic E-state index is -0.124. The number of nitrogens with one attached hydrogen (secondary N) is 1. The molecule has 21 heavy (non-hydrogen) atoms. The molecule has 2 aromatic rings. The number of halogens is 1. The Hall–Kier alpha value is -2.00. The lowest BCUT2D eigenvalue weighted by atomic mass is 10.0. The third kappa shape index (κ3) is 3.37. The molecule has 0 aliphatic carbocycles. The molecule has 2 rings (SSSR count). The molecule has 4 heteroatoms. The molecule has 0 atom stereocenters. The lowest BCUT2D eigenvalue weighted by Crippen LogP contribution is -2.18. The zero-order chi connectivity index (χ0) is 15.6. The minimum absolute atomic E-state index is 0.124. The van der Waals surface area contributed by atoms with Crippen molar-refractivity contribution in [3.05, 3.63) is 58.1 Å². The van der Waals surface area contributed by atoms with Crippen molar-refractivity contribution in [3.63, 3.8) is 0 Å². The van der Waals surface area contributed by atoms with E-state index in [2.05, 4.69) is 5.32 Å². The summed E-state index contributed by atoms with van der Waals surface area (Å²) < 4.78 is 0. The Morgan fingerprint density at radius 3 is 2.52 bits per heavy atom. The summed E-state index contributed by atoms with van der Waals surface area (Å²) in [7, 11) is 3.80. The molecule has 2 aromatic carbocycles. The summed E-state index contributed by atoms with van der Waals surface area (Å²) in [6, 6.07) is 11.3. The highest BCUT2D eigenvalue weighted by Gasteiger charge is 2.14. The van der Waals surface area contributed by atoms with Crippen LogP contribution in [0.15, 0.2) is 36.4 Å². The lowest BCUT2D eigenvalue weighted by Gasteiger charge is -2.19. The first-order chi connectivity index (χ1) is 9.90. The summed E-state index contributed by atoms with van der Waals surface area (Å²) in [5, 5.41) is 3.56. The molecular weight excluding hydrogens is 284 g/mol. The first kappa shape index (κ1) is 15.4. The highest BCUT2D eigenvalue weighted by Crippen LogP contribution is 2.32. The Morgan fingerprint density at radius 1 is 1.14 bits per heavy atom. The van der Waals surface area contributed by atoms with Gasteiger partial charge in [0.25, 0.3) is 5.91 Å². The number of hydrogen-bond acceptors (Lipinski definition) is 2. The van der Waals surface area contributed by atoms with Gasteiger partial charge in [0.1, 0.15) is 0 Å². The van der Waals surface area contributed by atoms with Crippen LogP contribution in [0.3, 0.4) is 0 Å². The smallest absolute Gasteiger partial charge is 0.255 e. The topological polar surface area (TPSA) is 32.3 Å². The van der Waals surface area contributed by atoms with E-state index in [1.807, 2.05) is 69.2 Å². The zero-order valence-electron chi connectivity index (χ0n) is 12.7. The average molecular weight is 303 g/mol. The van der Waals surface area contributed by atoms with Gasteiger partial charge in [-0.15, -0.1) is 0 Å². The van der Waals surface area contributed by atoms with Crippen molar-refractivity contribution in [1.29, 1.82) is 0 Å². The van der Waals surface area contributed by atoms with Crippen LogP contribution in [0.5, 0.6) is 0 Å². The number of aryl methyl sites for hydroxylation is 2. The fraction of sp³-hybridized carbons (Fsp3) is 0.235. The molecule has 0 bridgehead atoms. The second-order valence-corrected chi connectivity index (χ2v) is 5.71. The predicted molar refractivity (Wildman–Crippen MR) is 89.6 cm³/mol. The molecule has 3 nitrogen and oxygen atoms in total. The van der Waals surface area contributed by atoms with Crippen molar-refractivity contribution in [2.24, 2.45) is 0 Å². The maximum absolute atomic E-state index is 12.5. The molecule has 0 aromatic heterocycles. The van der Waals surface area contributed by atoms with Gasteiger partial charge in [-0.25, -0.2) is 0 Å². The monoisotopic (exact) mass is 302 g/mol. The van der Waals surface area contributed by atoms with Gasteiger partial charge in [-0.2, -0.15) is 0 Å². The number of amides is 1. The van der Waals surface area contributed by atoms with Crippen molar-refractivity contribution in [2.75, 3.05) is 24.3 Å². The van der Waals surface area contributed by atoms with E-state index in [0.29, 0.717) is 16.3 Å². The Kier molecular flexibility index (Phi) is 4.53. The Balaban J connectivity index is 2.36. The van der Waals surface area contributed by atoms with Crippen LogP contribution in [0.4, 0.5) is 11.4 Å². The standard InChI is InChI=1S/C17H19ClN2O/c1-11-8-9-12(2)13(10-11)17(21)19-15-7-5-6-14(18)16(15)20(3)4/h5-10H,1-4H3,(H,19,21). The molecule has 1 amide bonds. The zero-order valence-corrected chi connectivity index (χ0v) is 13.5. The highest BCUT2D eigenvalue weighted by molar-refractivity contribution is 6.34. The second-order valence-electron chi connectivity index (χ2n) is 5.30. The first-order valence-electron chi connectivity index (χ1n) is 6.74. The molecule has 0 fully saturated rings. The maximum Gasteiger partial charge on any atom is 0.255 e. The van der Waals surface area contributed by atoms with Gasteiger partial charge in [-0.05, 0) is 37.6 Å². The van der Waals surface area contributed by atoms with Crippen molar-refractivity contribution < 1.29 is 4.79 Å². The van der Waals surface area contributed by atoms with E-state index in [1.165, 1.54) is 0 Å². The molecule has 0 saturated carbocycles. The minimum Gasteiger partial charge on any atom is -0.375 e. The Morgan fingerprint density at radius 2 is 1.86 bits per heavy atom. The van der Waals surface area contributed by atoms with Crippen LogP contribution in [0.25, 0.3) is 0 Å². The Bertz CT molecular complexity index is 680. The number of rotatable bonds is 3. The van der Waals surface area contributed by atoms with Crippen molar-refractivity contribution in [3.8, 4) is 0 Å². The van der Waals surface area contributed by atoms with E-state index in [9.17, 15) is 4.79 Å². The molecule has 0 aliphatic rings. The Labute approximate surface area is 130 Å². The van der Waals surface area contributed by atoms with E-state index < -0.39 is 0 Å². The van der Waals surface area contributed by atoms with Crippen LogP contribution in [-0.2, 0) is 0 Å². The molecule has 0 heterocycles. The van der Waals surface area contributed by atoms with Gasteiger partial charge in [-0.1, -0.05) is 35.4 Å². The number of anilines is 2. The van der Waals surface area contributed by atoms with Crippen molar-refractivity contribution in [2.45, 2.75) is 13.8 Å². The van der Waals surface area contributed by atoms with Gasteiger partial charge in [0.2, 0.25) is 0 Å². The van der Waals surface area contributed by atoms with Crippen LogP contribution in [0.2, 0.25) is 5.02 Å². The number of carbonyl (C=O) groups excluding carboxylic acids is 1. The third-order valence-electron chi connectivity index (χ3n) is 3.32. The van der Waals surface area contributed by atoms with Crippen LogP contribution in [0.1, 0.15) is 21.5 Å². The van der Waals surface area contributed by atoms with Crippen LogP contribution < -0.4 is 10.2 Å². The van der Waals surface area contributed by atoms with E-state index >= 15 is 0 Å². The summed E-state index contributed by atoms with van der Waals surface area (Å²) in [6.07, 6.45) is 0. The van der Waals surface area contributed by atoms with E-state index in [0.717, 1.165) is 16.8 Å². The largest absolute Gasteiger partial charge is 0.375 e. The van der Waals surface area contributed by atoms with Gasteiger partial charge >= 0.3 is 0 Å². The normalized spacial score (nSPS) is 10.3. The summed E-state index contributed by atoms with van der Waals surface area (Å²) in [5.74, 6) is -0.124. The number of para-hydroxylation sites is 1. The quantitative estimate of drug-likeness (QED) is 0.918. The third-order valence-corrected chi connectivity index (χ3v) is 3.62. The maximum atomic E-state index is 12.5. The summed E-state index contributed by atoms with van der Waals surface area (Å²) in [5.41, 5.74) is 4.20. The van der Waals surface area contributed by atoms with Crippen LogP contribution >= 0.6 is 11.6 Å². The number of nitrogens with zero attached hydrogens (tertiary/aromatic N) is 1. The highest BCUT2D eigenvalue weighted by atomic mass is 35.5. The van der Waals surface area contributed by atoms with E-state index in [-0.39, 0.29) is 5.91 Å². The number of carbonyl (C=O) groups is 1. The van der Waals surface area contributed by atoms with E-state index in [4.69, 9.17) is 11.6 Å². The number of hydrogen-bond donors (Lipinski definition) is 1. The molecule has 110 valence electrons. The molecule has 0 spiro atoms. The average Bonchev–Trinajstić information content (AvgIpc) is 2.41. The summed E-state index contributed by atoms with van der Waals surface area (Å²) in [6.45, 7) is 3.90. The van der Waals surface area contributed by atoms with E-state index in [1.54, 1.807) is 0 Å². The lowest BCUT2D eigenvalue weighted by molar-refractivity contribution is 0.102. The fourth-order valence-electron chi connectivity index (χ4n) is 2.24. The molecular formula is C17H19ClN2O. The van der Waals surface area contributed by atoms with Gasteiger partial charge < -0.3 is 10.2 Å². The molecule has 1 N–H and O–H groups in total. The first-order valence-corrected chi connectivity index (χ1v) is 7.12. The van der Waals surface area contributed by atoms with Gasteiger partial charge in [-0.3, -0.25) is 4.79 Å². The molecule has 0 radical (unpaired) electrons. The number of benzene rings is 2. The second kappa shape index (κ2) is 6.19. The summed E-state index contributed by atoms with van der Waals surface area (Å²) in [4.78, 5) is 14.4. The fourth-order valence-corrected chi connectivity index (χ4v) is 2.58. The van der Waals surface area contributed by atoms with Crippen molar-refractivity contribution in [1.82, 2.24) is 0 Å². The molecule has 0 unspecified atom stereocenters. The predicted octanol–water partition coefficient (Wildman–Crippen LogP) is 4.28. The summed E-state index contributed by atoms with van der Waals surface area (Å²) >= 11 is 6.22.